The van der Waals surface area contributed by atoms with Gasteiger partial charge in [-0.3, -0.25) is 19.3 Å². The molecule has 1 atom stereocenters. The Labute approximate surface area is 115 Å². The number of rotatable bonds is 4. The molecule has 1 aliphatic heterocycles. The van der Waals surface area contributed by atoms with E-state index in [0.29, 0.717) is 16.8 Å². The lowest BCUT2D eigenvalue weighted by molar-refractivity contribution is -0.153. The molecule has 1 heterocycles. The monoisotopic (exact) mass is 274 g/mol. The van der Waals surface area contributed by atoms with Crippen LogP contribution in [-0.2, 0) is 14.3 Å². The van der Waals surface area contributed by atoms with Crippen LogP contribution in [0.3, 0.4) is 0 Å². The van der Waals surface area contributed by atoms with Gasteiger partial charge in [0.1, 0.15) is 6.54 Å². The fraction of sp³-hybridized carbons (Fsp3) is 0.214. The third-order valence-electron chi connectivity index (χ3n) is 3.04. The molecule has 6 heteroatoms. The SMILES string of the molecule is C=C1c2ccccc2C(=O)N1CC(=O)O[C@H](C)C(N)=O. The average Bonchev–Trinajstić information content (AvgIpc) is 2.64. The van der Waals surface area contributed by atoms with Gasteiger partial charge >= 0.3 is 5.97 Å². The Kier molecular flexibility index (Phi) is 3.56. The van der Waals surface area contributed by atoms with Gasteiger partial charge in [-0.2, -0.15) is 0 Å². The van der Waals surface area contributed by atoms with E-state index in [4.69, 9.17) is 10.5 Å². The summed E-state index contributed by atoms with van der Waals surface area (Å²) in [5.74, 6) is -1.76. The van der Waals surface area contributed by atoms with Crippen molar-refractivity contribution < 1.29 is 19.1 Å². The highest BCUT2D eigenvalue weighted by Gasteiger charge is 2.32. The van der Waals surface area contributed by atoms with E-state index in [1.165, 1.54) is 11.8 Å². The maximum atomic E-state index is 12.1. The van der Waals surface area contributed by atoms with Gasteiger partial charge < -0.3 is 10.5 Å². The summed E-state index contributed by atoms with van der Waals surface area (Å²) in [6, 6.07) is 6.95. The van der Waals surface area contributed by atoms with E-state index in [1.807, 2.05) is 0 Å². The Morgan fingerprint density at radius 1 is 1.35 bits per heavy atom. The summed E-state index contributed by atoms with van der Waals surface area (Å²) < 4.78 is 4.82. The van der Waals surface area contributed by atoms with Crippen molar-refractivity contribution in [1.29, 1.82) is 0 Å². The average molecular weight is 274 g/mol. The van der Waals surface area contributed by atoms with Crippen LogP contribution in [0.25, 0.3) is 5.70 Å². The minimum atomic E-state index is -1.03. The van der Waals surface area contributed by atoms with E-state index in [9.17, 15) is 14.4 Å². The molecule has 1 aliphatic rings. The molecule has 104 valence electrons. The molecule has 20 heavy (non-hydrogen) atoms. The summed E-state index contributed by atoms with van der Waals surface area (Å²) in [6.45, 7) is 4.87. The van der Waals surface area contributed by atoms with Crippen molar-refractivity contribution in [3.63, 3.8) is 0 Å². The number of esters is 1. The molecule has 0 unspecified atom stereocenters. The van der Waals surface area contributed by atoms with Crippen molar-refractivity contribution in [1.82, 2.24) is 4.90 Å². The number of hydrogen-bond donors (Lipinski definition) is 1. The fourth-order valence-corrected chi connectivity index (χ4v) is 1.92. The smallest absolute Gasteiger partial charge is 0.326 e. The number of benzene rings is 1. The van der Waals surface area contributed by atoms with Crippen LogP contribution in [-0.4, -0.2) is 35.3 Å². The van der Waals surface area contributed by atoms with E-state index in [2.05, 4.69) is 6.58 Å². The topological polar surface area (TPSA) is 89.7 Å². The van der Waals surface area contributed by atoms with Crippen LogP contribution in [0.15, 0.2) is 30.8 Å². The Hall–Kier alpha value is -2.63. The lowest BCUT2D eigenvalue weighted by Crippen LogP contribution is -2.36. The molecule has 0 bridgehead atoms. The number of carbonyl (C=O) groups excluding carboxylic acids is 3. The van der Waals surface area contributed by atoms with Crippen molar-refractivity contribution >= 4 is 23.5 Å². The molecule has 1 aromatic carbocycles. The van der Waals surface area contributed by atoms with Crippen molar-refractivity contribution in [2.75, 3.05) is 6.54 Å². The van der Waals surface area contributed by atoms with Crippen molar-refractivity contribution in [3.05, 3.63) is 42.0 Å². The highest BCUT2D eigenvalue weighted by Crippen LogP contribution is 2.30. The molecule has 0 aliphatic carbocycles. The van der Waals surface area contributed by atoms with Crippen LogP contribution in [0.1, 0.15) is 22.8 Å². The summed E-state index contributed by atoms with van der Waals surface area (Å²) in [4.78, 5) is 35.9. The van der Waals surface area contributed by atoms with Crippen molar-refractivity contribution in [3.8, 4) is 0 Å². The first kappa shape index (κ1) is 13.8. The molecular formula is C14H14N2O4. The van der Waals surface area contributed by atoms with Crippen LogP contribution >= 0.6 is 0 Å². The highest BCUT2D eigenvalue weighted by molar-refractivity contribution is 6.10. The first-order chi connectivity index (χ1) is 9.41. The molecule has 0 fully saturated rings. The number of nitrogens with zero attached hydrogens (tertiary/aromatic N) is 1. The van der Waals surface area contributed by atoms with Gasteiger partial charge in [0.15, 0.2) is 6.10 Å². The van der Waals surface area contributed by atoms with Crippen LogP contribution in [0.4, 0.5) is 0 Å². The van der Waals surface area contributed by atoms with Gasteiger partial charge in [-0.15, -0.1) is 0 Å². The van der Waals surface area contributed by atoms with Gasteiger partial charge in [0.2, 0.25) is 0 Å². The first-order valence-corrected chi connectivity index (χ1v) is 6.00. The van der Waals surface area contributed by atoms with E-state index in [1.54, 1.807) is 24.3 Å². The molecule has 0 spiro atoms. The van der Waals surface area contributed by atoms with E-state index in [0.717, 1.165) is 0 Å². The minimum absolute atomic E-state index is 0.302. The van der Waals surface area contributed by atoms with Crippen LogP contribution < -0.4 is 5.73 Å². The lowest BCUT2D eigenvalue weighted by atomic mass is 10.1. The Balaban J connectivity index is 2.09. The predicted octanol–water partition coefficient (Wildman–Crippen LogP) is 0.530. The molecule has 6 nitrogen and oxygen atoms in total. The second-order valence-corrected chi connectivity index (χ2v) is 4.42. The summed E-state index contributed by atoms with van der Waals surface area (Å²) in [5, 5.41) is 0. The maximum Gasteiger partial charge on any atom is 0.326 e. The maximum absolute atomic E-state index is 12.1. The Morgan fingerprint density at radius 2 is 1.95 bits per heavy atom. The van der Waals surface area contributed by atoms with E-state index >= 15 is 0 Å². The zero-order chi connectivity index (χ0) is 14.9. The Morgan fingerprint density at radius 3 is 2.50 bits per heavy atom. The molecule has 0 saturated heterocycles. The van der Waals surface area contributed by atoms with Crippen LogP contribution in [0.2, 0.25) is 0 Å². The third kappa shape index (κ3) is 2.40. The zero-order valence-corrected chi connectivity index (χ0v) is 11.0. The second-order valence-electron chi connectivity index (χ2n) is 4.42. The van der Waals surface area contributed by atoms with Crippen molar-refractivity contribution in [2.45, 2.75) is 13.0 Å². The summed E-state index contributed by atoms with van der Waals surface area (Å²) in [5.41, 5.74) is 6.62. The number of hydrogen-bond acceptors (Lipinski definition) is 4. The number of primary amides is 1. The van der Waals surface area contributed by atoms with Gasteiger partial charge in [-0.05, 0) is 13.0 Å². The molecule has 2 rings (SSSR count). The summed E-state index contributed by atoms with van der Waals surface area (Å²) in [7, 11) is 0. The van der Waals surface area contributed by atoms with Crippen LogP contribution in [0, 0.1) is 0 Å². The van der Waals surface area contributed by atoms with Gasteiger partial charge in [0, 0.05) is 16.8 Å². The molecule has 0 radical (unpaired) electrons. The van der Waals surface area contributed by atoms with Crippen molar-refractivity contribution in [2.24, 2.45) is 5.73 Å². The molecule has 2 amide bonds. The molecule has 2 N–H and O–H groups in total. The first-order valence-electron chi connectivity index (χ1n) is 6.00. The standard InChI is InChI=1S/C14H14N2O4/c1-8-10-5-3-4-6-11(10)14(19)16(8)7-12(17)20-9(2)13(15)18/h3-6,9H,1,7H2,2H3,(H2,15,18)/t9-/m1/s1. The van der Waals surface area contributed by atoms with Gasteiger partial charge in [-0.1, -0.05) is 24.8 Å². The number of carbonyl (C=O) groups is 3. The largest absolute Gasteiger partial charge is 0.451 e. The Bertz CT molecular complexity index is 574. The fourth-order valence-electron chi connectivity index (χ4n) is 1.92. The lowest BCUT2D eigenvalue weighted by Gasteiger charge is -2.17. The third-order valence-corrected chi connectivity index (χ3v) is 3.04. The zero-order valence-electron chi connectivity index (χ0n) is 11.0. The molecule has 1 aromatic rings. The number of nitrogens with two attached hydrogens (primary N) is 1. The molecule has 0 saturated carbocycles. The van der Waals surface area contributed by atoms with Gasteiger partial charge in [-0.25, -0.2) is 0 Å². The van der Waals surface area contributed by atoms with Gasteiger partial charge in [0.05, 0.1) is 0 Å². The van der Waals surface area contributed by atoms with E-state index in [-0.39, 0.29) is 12.5 Å². The van der Waals surface area contributed by atoms with Gasteiger partial charge in [0.25, 0.3) is 11.8 Å². The van der Waals surface area contributed by atoms with E-state index < -0.39 is 18.0 Å². The quantitative estimate of drug-likeness (QED) is 0.811. The van der Waals surface area contributed by atoms with Crippen LogP contribution in [0.5, 0.6) is 0 Å². The second kappa shape index (κ2) is 5.16. The minimum Gasteiger partial charge on any atom is -0.451 e. The number of ether oxygens (including phenoxy) is 1. The predicted molar refractivity (Wildman–Crippen MR) is 71.3 cm³/mol. The normalized spacial score (nSPS) is 14.9. The summed E-state index contributed by atoms with van der Waals surface area (Å²) >= 11 is 0. The number of amides is 2. The number of fused-ring (bicyclic) bond motifs is 1. The highest BCUT2D eigenvalue weighted by atomic mass is 16.5. The molecule has 0 aromatic heterocycles. The summed E-state index contributed by atoms with van der Waals surface area (Å²) in [6.07, 6.45) is -1.03. The molecular weight excluding hydrogens is 260 g/mol.